The van der Waals surface area contributed by atoms with Gasteiger partial charge in [0.15, 0.2) is 0 Å². The predicted molar refractivity (Wildman–Crippen MR) is 86.2 cm³/mol. The van der Waals surface area contributed by atoms with Gasteiger partial charge in [0.2, 0.25) is 0 Å². The van der Waals surface area contributed by atoms with Crippen LogP contribution in [0, 0.1) is 6.92 Å². The van der Waals surface area contributed by atoms with Crippen molar-refractivity contribution >= 4 is 5.91 Å². The number of nitrogens with one attached hydrogen (secondary N) is 1. The quantitative estimate of drug-likeness (QED) is 0.800. The van der Waals surface area contributed by atoms with Crippen LogP contribution in [0.3, 0.4) is 0 Å². The van der Waals surface area contributed by atoms with Gasteiger partial charge in [0.05, 0.1) is 6.61 Å². The van der Waals surface area contributed by atoms with E-state index in [-0.39, 0.29) is 5.91 Å². The van der Waals surface area contributed by atoms with Gasteiger partial charge in [-0.25, -0.2) is 0 Å². The van der Waals surface area contributed by atoms with Crippen molar-refractivity contribution in [3.05, 3.63) is 65.2 Å². The van der Waals surface area contributed by atoms with Crippen LogP contribution in [0.2, 0.25) is 0 Å². The molecule has 0 bridgehead atoms. The highest BCUT2D eigenvalue weighted by atomic mass is 16.5. The second kappa shape index (κ2) is 8.20. The Morgan fingerprint density at radius 1 is 1.14 bits per heavy atom. The molecule has 0 aromatic heterocycles. The number of benzene rings is 2. The van der Waals surface area contributed by atoms with Crippen LogP contribution in [0.4, 0.5) is 0 Å². The van der Waals surface area contributed by atoms with Crippen LogP contribution >= 0.6 is 0 Å². The fourth-order valence-corrected chi connectivity index (χ4v) is 1.97. The van der Waals surface area contributed by atoms with Crippen molar-refractivity contribution in [2.45, 2.75) is 13.5 Å². The highest BCUT2D eigenvalue weighted by molar-refractivity contribution is 5.94. The van der Waals surface area contributed by atoms with Crippen LogP contribution in [0.15, 0.2) is 48.5 Å². The molecule has 0 unspecified atom stereocenters. The van der Waals surface area contributed by atoms with E-state index in [0.29, 0.717) is 25.3 Å². The molecule has 2 aromatic rings. The molecular formula is C18H21NO3. The maximum atomic E-state index is 12.0. The topological polar surface area (TPSA) is 47.6 Å². The van der Waals surface area contributed by atoms with Crippen molar-refractivity contribution in [1.82, 2.24) is 5.32 Å². The lowest BCUT2D eigenvalue weighted by atomic mass is 10.1. The third-order valence-electron chi connectivity index (χ3n) is 3.21. The number of carbonyl (C=O) groups excluding carboxylic acids is 1. The fraction of sp³-hybridized carbons (Fsp3) is 0.278. The molecule has 4 nitrogen and oxygen atoms in total. The van der Waals surface area contributed by atoms with E-state index in [1.54, 1.807) is 13.2 Å². The number of aryl methyl sites for hydroxylation is 1. The maximum Gasteiger partial charge on any atom is 0.251 e. The Bertz CT molecular complexity index is 608. The molecule has 22 heavy (non-hydrogen) atoms. The van der Waals surface area contributed by atoms with Crippen molar-refractivity contribution in [3.63, 3.8) is 0 Å². The number of hydrogen-bond donors (Lipinski definition) is 1. The number of carbonyl (C=O) groups is 1. The molecule has 0 radical (unpaired) electrons. The normalized spacial score (nSPS) is 10.3. The molecule has 2 aromatic carbocycles. The molecule has 0 atom stereocenters. The van der Waals surface area contributed by atoms with E-state index in [0.717, 1.165) is 11.3 Å². The zero-order valence-corrected chi connectivity index (χ0v) is 13.0. The smallest absolute Gasteiger partial charge is 0.251 e. The summed E-state index contributed by atoms with van der Waals surface area (Å²) in [5.74, 6) is 0.717. The molecule has 0 aliphatic heterocycles. The van der Waals surface area contributed by atoms with Crippen molar-refractivity contribution < 1.29 is 14.3 Å². The van der Waals surface area contributed by atoms with Gasteiger partial charge >= 0.3 is 0 Å². The van der Waals surface area contributed by atoms with Crippen LogP contribution in [-0.4, -0.2) is 26.2 Å². The van der Waals surface area contributed by atoms with Gasteiger partial charge < -0.3 is 14.8 Å². The van der Waals surface area contributed by atoms with Crippen molar-refractivity contribution in [2.24, 2.45) is 0 Å². The SMILES string of the molecule is COCCNC(=O)c1cccc(COc2ccc(C)cc2)c1. The van der Waals surface area contributed by atoms with Gasteiger partial charge in [-0.05, 0) is 36.8 Å². The van der Waals surface area contributed by atoms with Gasteiger partial charge in [0.25, 0.3) is 5.91 Å². The monoisotopic (exact) mass is 299 g/mol. The molecule has 0 fully saturated rings. The summed E-state index contributed by atoms with van der Waals surface area (Å²) >= 11 is 0. The van der Waals surface area contributed by atoms with Crippen molar-refractivity contribution in [2.75, 3.05) is 20.3 Å². The van der Waals surface area contributed by atoms with E-state index in [1.807, 2.05) is 49.4 Å². The third-order valence-corrected chi connectivity index (χ3v) is 3.21. The zero-order chi connectivity index (χ0) is 15.8. The minimum absolute atomic E-state index is 0.103. The van der Waals surface area contributed by atoms with Gasteiger partial charge in [-0.15, -0.1) is 0 Å². The number of amides is 1. The summed E-state index contributed by atoms with van der Waals surface area (Å²) < 4.78 is 10.6. The number of methoxy groups -OCH3 is 1. The van der Waals surface area contributed by atoms with E-state index in [9.17, 15) is 4.79 Å². The molecule has 1 N–H and O–H groups in total. The zero-order valence-electron chi connectivity index (χ0n) is 13.0. The number of hydrogen-bond acceptors (Lipinski definition) is 3. The Labute approximate surface area is 131 Å². The second-order valence-corrected chi connectivity index (χ2v) is 5.05. The lowest BCUT2D eigenvalue weighted by Gasteiger charge is -2.09. The summed E-state index contributed by atoms with van der Waals surface area (Å²) in [4.78, 5) is 12.0. The first kappa shape index (κ1) is 16.0. The summed E-state index contributed by atoms with van der Waals surface area (Å²) in [5.41, 5.74) is 2.78. The molecule has 0 spiro atoms. The van der Waals surface area contributed by atoms with Gasteiger partial charge in [-0.2, -0.15) is 0 Å². The molecule has 116 valence electrons. The molecule has 1 amide bonds. The lowest BCUT2D eigenvalue weighted by Crippen LogP contribution is -2.26. The van der Waals surface area contributed by atoms with Gasteiger partial charge in [0, 0.05) is 19.2 Å². The Balaban J connectivity index is 1.93. The summed E-state index contributed by atoms with van der Waals surface area (Å²) in [6.45, 7) is 3.47. The minimum Gasteiger partial charge on any atom is -0.489 e. The molecular weight excluding hydrogens is 278 g/mol. The third kappa shape index (κ3) is 4.90. The van der Waals surface area contributed by atoms with E-state index < -0.39 is 0 Å². The van der Waals surface area contributed by atoms with Crippen molar-refractivity contribution in [3.8, 4) is 5.75 Å². The first-order valence-corrected chi connectivity index (χ1v) is 7.24. The van der Waals surface area contributed by atoms with Crippen LogP contribution in [0.1, 0.15) is 21.5 Å². The number of ether oxygens (including phenoxy) is 2. The number of rotatable bonds is 7. The predicted octanol–water partition coefficient (Wildman–Crippen LogP) is 2.95. The standard InChI is InChI=1S/C18H21NO3/c1-14-6-8-17(9-7-14)22-13-15-4-3-5-16(12-15)18(20)19-10-11-21-2/h3-9,12H,10-11,13H2,1-2H3,(H,19,20). The second-order valence-electron chi connectivity index (χ2n) is 5.05. The van der Waals surface area contributed by atoms with E-state index in [4.69, 9.17) is 9.47 Å². The van der Waals surface area contributed by atoms with Crippen LogP contribution in [-0.2, 0) is 11.3 Å². The highest BCUT2D eigenvalue weighted by Gasteiger charge is 2.06. The Morgan fingerprint density at radius 3 is 2.64 bits per heavy atom. The Morgan fingerprint density at radius 2 is 1.91 bits per heavy atom. The van der Waals surface area contributed by atoms with Crippen LogP contribution in [0.5, 0.6) is 5.75 Å². The first-order valence-electron chi connectivity index (χ1n) is 7.24. The Hall–Kier alpha value is -2.33. The van der Waals surface area contributed by atoms with E-state index in [2.05, 4.69) is 5.32 Å². The average molecular weight is 299 g/mol. The Kier molecular flexibility index (Phi) is 5.98. The molecule has 0 saturated carbocycles. The average Bonchev–Trinajstić information content (AvgIpc) is 2.55. The van der Waals surface area contributed by atoms with Crippen LogP contribution in [0.25, 0.3) is 0 Å². The first-order chi connectivity index (χ1) is 10.7. The van der Waals surface area contributed by atoms with Gasteiger partial charge in [-0.1, -0.05) is 29.8 Å². The van der Waals surface area contributed by atoms with Gasteiger partial charge in [-0.3, -0.25) is 4.79 Å². The van der Waals surface area contributed by atoms with Crippen LogP contribution < -0.4 is 10.1 Å². The largest absolute Gasteiger partial charge is 0.489 e. The van der Waals surface area contributed by atoms with Crippen molar-refractivity contribution in [1.29, 1.82) is 0 Å². The minimum atomic E-state index is -0.103. The summed E-state index contributed by atoms with van der Waals surface area (Å²) in [5, 5.41) is 2.80. The van der Waals surface area contributed by atoms with Gasteiger partial charge in [0.1, 0.15) is 12.4 Å². The highest BCUT2D eigenvalue weighted by Crippen LogP contribution is 2.14. The molecule has 2 rings (SSSR count). The molecule has 0 aliphatic rings. The maximum absolute atomic E-state index is 12.0. The van der Waals surface area contributed by atoms with E-state index >= 15 is 0 Å². The molecule has 0 aliphatic carbocycles. The summed E-state index contributed by atoms with van der Waals surface area (Å²) in [7, 11) is 1.61. The summed E-state index contributed by atoms with van der Waals surface area (Å²) in [6, 6.07) is 15.3. The molecule has 4 heteroatoms. The molecule has 0 heterocycles. The molecule has 0 saturated heterocycles. The lowest BCUT2D eigenvalue weighted by molar-refractivity contribution is 0.0937. The summed E-state index contributed by atoms with van der Waals surface area (Å²) in [6.07, 6.45) is 0. The fourth-order valence-electron chi connectivity index (χ4n) is 1.97. The van der Waals surface area contributed by atoms with E-state index in [1.165, 1.54) is 5.56 Å².